The molecule has 2 heterocycles. The van der Waals surface area contributed by atoms with Gasteiger partial charge in [0.15, 0.2) is 0 Å². The van der Waals surface area contributed by atoms with E-state index in [1.54, 1.807) is 0 Å². The van der Waals surface area contributed by atoms with Gasteiger partial charge in [0.25, 0.3) is 0 Å². The summed E-state index contributed by atoms with van der Waals surface area (Å²) in [5, 5.41) is 0. The molecule has 0 saturated carbocycles. The number of benzene rings is 5. The Kier molecular flexibility index (Phi) is 9.25. The summed E-state index contributed by atoms with van der Waals surface area (Å²) < 4.78 is 2.38. The van der Waals surface area contributed by atoms with Gasteiger partial charge in [0, 0.05) is 40.8 Å². The molecule has 5 aromatic carbocycles. The highest BCUT2D eigenvalue weighted by Crippen LogP contribution is 2.37. The van der Waals surface area contributed by atoms with Crippen LogP contribution in [0.4, 0.5) is 17.1 Å². The number of aryl methyl sites for hydroxylation is 1. The molecule has 7 aromatic rings. The largest absolute Gasteiger partial charge is 0.310 e. The zero-order valence-corrected chi connectivity index (χ0v) is 30.0. The number of fused-ring (bicyclic) bond motifs is 1. The Morgan fingerprint density at radius 3 is 1.87 bits per heavy atom. The van der Waals surface area contributed by atoms with Gasteiger partial charge in [-0.05, 0) is 137 Å². The first-order valence-corrected chi connectivity index (χ1v) is 18.3. The second kappa shape index (κ2) is 14.6. The van der Waals surface area contributed by atoms with E-state index in [2.05, 4.69) is 180 Å². The minimum atomic E-state index is 0.895. The molecular formula is C49H43N3. The van der Waals surface area contributed by atoms with Crippen LogP contribution in [-0.4, -0.2) is 9.55 Å². The van der Waals surface area contributed by atoms with Crippen LogP contribution >= 0.6 is 0 Å². The highest BCUT2D eigenvalue weighted by Gasteiger charge is 2.21. The number of para-hydroxylation sites is 1. The minimum absolute atomic E-state index is 0.895. The molecule has 1 aliphatic carbocycles. The van der Waals surface area contributed by atoms with Crippen molar-refractivity contribution in [3.8, 4) is 27.9 Å². The van der Waals surface area contributed by atoms with Gasteiger partial charge in [0.2, 0.25) is 0 Å². The number of hydrogen-bond acceptors (Lipinski definition) is 2. The predicted octanol–water partition coefficient (Wildman–Crippen LogP) is 12.7. The second-order valence-corrected chi connectivity index (χ2v) is 13.6. The summed E-state index contributed by atoms with van der Waals surface area (Å²) in [4.78, 5) is 6.61. The molecule has 1 aliphatic rings. The summed E-state index contributed by atoms with van der Waals surface area (Å²) in [6.45, 7) is 8.53. The molecule has 0 fully saturated rings. The molecule has 3 nitrogen and oxygen atoms in total. The summed E-state index contributed by atoms with van der Waals surface area (Å²) in [5.41, 5.74) is 18.6. The lowest BCUT2D eigenvalue weighted by molar-refractivity contribution is 0.945. The van der Waals surface area contributed by atoms with Crippen molar-refractivity contribution >= 4 is 29.2 Å². The van der Waals surface area contributed by atoms with Crippen molar-refractivity contribution in [2.45, 2.75) is 39.5 Å². The van der Waals surface area contributed by atoms with Crippen molar-refractivity contribution in [3.63, 3.8) is 0 Å². The van der Waals surface area contributed by atoms with Gasteiger partial charge >= 0.3 is 0 Å². The summed E-state index contributed by atoms with van der Waals surface area (Å²) in [5.74, 6) is 0. The maximum Gasteiger partial charge on any atom is 0.0521 e. The van der Waals surface area contributed by atoms with Gasteiger partial charge in [-0.1, -0.05) is 111 Å². The van der Waals surface area contributed by atoms with Crippen LogP contribution in [0.1, 0.15) is 52.5 Å². The van der Waals surface area contributed by atoms with Gasteiger partial charge in [-0.3, -0.25) is 4.98 Å². The van der Waals surface area contributed by atoms with E-state index in [-0.39, 0.29) is 0 Å². The average Bonchev–Trinajstić information content (AvgIpc) is 3.54. The number of aromatic nitrogens is 2. The van der Waals surface area contributed by atoms with Crippen LogP contribution in [-0.2, 0) is 19.3 Å². The smallest absolute Gasteiger partial charge is 0.0521 e. The number of pyridine rings is 1. The van der Waals surface area contributed by atoms with Crippen LogP contribution in [0, 0.1) is 6.92 Å². The molecule has 0 unspecified atom stereocenters. The molecule has 3 heteroatoms. The fraction of sp³-hybridized carbons (Fsp3) is 0.122. The number of rotatable bonds is 10. The van der Waals surface area contributed by atoms with E-state index >= 15 is 0 Å². The summed E-state index contributed by atoms with van der Waals surface area (Å²) in [6.07, 6.45) is 14.5. The molecule has 52 heavy (non-hydrogen) atoms. The first kappa shape index (κ1) is 33.0. The minimum Gasteiger partial charge on any atom is -0.310 e. The number of nitrogens with zero attached hydrogens (tertiary/aromatic N) is 3. The van der Waals surface area contributed by atoms with Crippen LogP contribution in [0.15, 0.2) is 159 Å². The first-order valence-electron chi connectivity index (χ1n) is 18.3. The van der Waals surface area contributed by atoms with Crippen molar-refractivity contribution in [1.29, 1.82) is 0 Å². The number of allylic oxidation sites excluding steroid dienone is 1. The molecule has 0 atom stereocenters. The van der Waals surface area contributed by atoms with Crippen LogP contribution in [0.2, 0.25) is 0 Å². The van der Waals surface area contributed by atoms with Gasteiger partial charge in [-0.25, -0.2) is 0 Å². The van der Waals surface area contributed by atoms with Crippen LogP contribution in [0.5, 0.6) is 0 Å². The first-order chi connectivity index (χ1) is 25.6. The maximum absolute atomic E-state index is 4.32. The van der Waals surface area contributed by atoms with E-state index in [1.807, 2.05) is 18.5 Å². The zero-order valence-electron chi connectivity index (χ0n) is 30.0. The van der Waals surface area contributed by atoms with E-state index in [0.29, 0.717) is 0 Å². The van der Waals surface area contributed by atoms with Gasteiger partial charge in [0.05, 0.1) is 5.69 Å². The fourth-order valence-corrected chi connectivity index (χ4v) is 7.67. The fourth-order valence-electron chi connectivity index (χ4n) is 7.67. The highest BCUT2D eigenvalue weighted by molar-refractivity contribution is 5.79. The monoisotopic (exact) mass is 673 g/mol. The van der Waals surface area contributed by atoms with Crippen LogP contribution in [0.3, 0.4) is 0 Å². The van der Waals surface area contributed by atoms with Crippen molar-refractivity contribution in [1.82, 2.24) is 9.55 Å². The third-order valence-electron chi connectivity index (χ3n) is 10.3. The van der Waals surface area contributed by atoms with Crippen LogP contribution in [0.25, 0.3) is 40.1 Å². The van der Waals surface area contributed by atoms with Gasteiger partial charge in [-0.15, -0.1) is 0 Å². The molecule has 0 aliphatic heterocycles. The molecule has 0 spiro atoms. The maximum atomic E-state index is 4.32. The van der Waals surface area contributed by atoms with E-state index < -0.39 is 0 Å². The Labute approximate surface area is 307 Å². The molecular weight excluding hydrogens is 631 g/mol. The number of hydrogen-bond donors (Lipinski definition) is 0. The second-order valence-electron chi connectivity index (χ2n) is 13.6. The molecule has 8 rings (SSSR count). The predicted molar refractivity (Wildman–Crippen MR) is 220 cm³/mol. The van der Waals surface area contributed by atoms with E-state index in [9.17, 15) is 0 Å². The lowest BCUT2D eigenvalue weighted by Crippen LogP contribution is -2.11. The highest BCUT2D eigenvalue weighted by atomic mass is 15.1. The van der Waals surface area contributed by atoms with E-state index in [4.69, 9.17) is 0 Å². The lowest BCUT2D eigenvalue weighted by atomic mass is 9.98. The normalized spacial score (nSPS) is 12.0. The number of anilines is 3. The van der Waals surface area contributed by atoms with Gasteiger partial charge < -0.3 is 9.47 Å². The molecule has 254 valence electrons. The molecule has 0 bridgehead atoms. The Morgan fingerprint density at radius 2 is 1.29 bits per heavy atom. The van der Waals surface area contributed by atoms with Crippen LogP contribution < -0.4 is 4.90 Å². The van der Waals surface area contributed by atoms with E-state index in [0.717, 1.165) is 48.3 Å². The molecule has 0 amide bonds. The van der Waals surface area contributed by atoms with Crippen molar-refractivity contribution < 1.29 is 0 Å². The molecule has 0 saturated heterocycles. The molecule has 2 aromatic heterocycles. The summed E-state index contributed by atoms with van der Waals surface area (Å²) in [6, 6.07) is 48.4. The molecule has 0 radical (unpaired) electrons. The standard InChI is InChI=1S/C49H43N3/c1-4-45-46-13-9-10-14-49(46)52(47(45)5-2)44-29-25-41(26-30-44)39-21-17-37(18-22-39)33-36-15-19-38(20-16-36)40-23-27-43(28-24-40)51(42-11-7-6-8-12-42)48-31-32-50-34-35(48)3/h5-8,10-12,14-32,34H,2,4,9,13,33H2,1,3H3. The topological polar surface area (TPSA) is 21.1 Å². The summed E-state index contributed by atoms with van der Waals surface area (Å²) in [7, 11) is 0. The Hall–Kier alpha value is -6.19. The summed E-state index contributed by atoms with van der Waals surface area (Å²) >= 11 is 0. The average molecular weight is 674 g/mol. The quantitative estimate of drug-likeness (QED) is 0.144. The molecule has 0 N–H and O–H groups in total. The van der Waals surface area contributed by atoms with Gasteiger partial charge in [0.1, 0.15) is 0 Å². The third kappa shape index (κ3) is 6.42. The van der Waals surface area contributed by atoms with E-state index in [1.165, 1.54) is 61.6 Å². The Morgan fingerprint density at radius 1 is 0.712 bits per heavy atom. The van der Waals surface area contributed by atoms with Crippen molar-refractivity contribution in [2.75, 3.05) is 4.90 Å². The Bertz CT molecular complexity index is 2340. The zero-order chi connectivity index (χ0) is 35.4. The lowest BCUT2D eigenvalue weighted by Gasteiger charge is -2.26. The van der Waals surface area contributed by atoms with Crippen molar-refractivity contribution in [2.24, 2.45) is 0 Å². The Balaban J connectivity index is 0.957. The third-order valence-corrected chi connectivity index (χ3v) is 10.3. The SMILES string of the molecule is C=Cc1c(CC)c2c(n1-c1ccc(-c3ccc(Cc4ccc(-c5ccc(N(c6ccccc6)c6ccncc6C)cc5)cc4)cc3)cc1)C=CCC2. The van der Waals surface area contributed by atoms with Crippen molar-refractivity contribution in [3.05, 3.63) is 198 Å². The van der Waals surface area contributed by atoms with Gasteiger partial charge in [-0.2, -0.15) is 0 Å².